The summed E-state index contributed by atoms with van der Waals surface area (Å²) in [5.74, 6) is -1.26. The Labute approximate surface area is 73.1 Å². The number of ether oxygens (including phenoxy) is 1. The number of rotatable bonds is 2. The van der Waals surface area contributed by atoms with Crippen LogP contribution in [0.4, 0.5) is 5.82 Å². The van der Waals surface area contributed by atoms with Crippen LogP contribution in [0.25, 0.3) is 0 Å². The van der Waals surface area contributed by atoms with Crippen molar-refractivity contribution in [3.8, 4) is 0 Å². The van der Waals surface area contributed by atoms with Crippen molar-refractivity contribution >= 4 is 11.8 Å². The summed E-state index contributed by atoms with van der Waals surface area (Å²) in [6, 6.07) is 0. The fourth-order valence-electron chi connectivity index (χ4n) is 0.883. The van der Waals surface area contributed by atoms with Crippen LogP contribution in [0, 0.1) is 10.1 Å². The number of carbonyl (C=O) groups is 1. The van der Waals surface area contributed by atoms with Crippen molar-refractivity contribution in [3.63, 3.8) is 0 Å². The number of imidazole rings is 1. The number of methoxy groups -OCH3 is 1. The molecule has 0 saturated heterocycles. The minimum Gasteiger partial charge on any atom is -0.464 e. The normalized spacial score (nSPS) is 9.69. The highest BCUT2D eigenvalue weighted by atomic mass is 16.6. The fraction of sp³-hybridized carbons (Fsp3) is 0.333. The zero-order valence-electron chi connectivity index (χ0n) is 7.05. The summed E-state index contributed by atoms with van der Waals surface area (Å²) in [5, 5.41) is 10.4. The monoisotopic (exact) mass is 185 g/mol. The first-order valence-electron chi connectivity index (χ1n) is 3.32. The van der Waals surface area contributed by atoms with Gasteiger partial charge in [0.05, 0.1) is 7.11 Å². The van der Waals surface area contributed by atoms with Crippen LogP contribution in [-0.2, 0) is 11.8 Å². The summed E-state index contributed by atoms with van der Waals surface area (Å²) in [5.41, 5.74) is -0.160. The van der Waals surface area contributed by atoms with Gasteiger partial charge in [0.2, 0.25) is 12.0 Å². The van der Waals surface area contributed by atoms with Gasteiger partial charge in [-0.05, 0) is 9.91 Å². The van der Waals surface area contributed by atoms with Gasteiger partial charge in [0.1, 0.15) is 0 Å². The molecule has 0 fully saturated rings. The standard InChI is InChI=1S/C6H7N3O4/c1-8-3-7-5(9(11)12)4(8)6(10)13-2/h3H,1-2H3. The third kappa shape index (κ3) is 1.48. The molecule has 0 amide bonds. The van der Waals surface area contributed by atoms with E-state index in [1.807, 2.05) is 0 Å². The second-order valence-corrected chi connectivity index (χ2v) is 2.28. The van der Waals surface area contributed by atoms with Crippen LogP contribution in [0.3, 0.4) is 0 Å². The number of hydrogen-bond acceptors (Lipinski definition) is 5. The maximum atomic E-state index is 11.0. The Morgan fingerprint density at radius 2 is 2.38 bits per heavy atom. The zero-order valence-corrected chi connectivity index (χ0v) is 7.05. The highest BCUT2D eigenvalue weighted by Gasteiger charge is 2.26. The number of hydrogen-bond donors (Lipinski definition) is 0. The van der Waals surface area contributed by atoms with Gasteiger partial charge in [-0.3, -0.25) is 0 Å². The van der Waals surface area contributed by atoms with Crippen molar-refractivity contribution in [1.82, 2.24) is 9.55 Å². The van der Waals surface area contributed by atoms with Gasteiger partial charge < -0.3 is 19.4 Å². The van der Waals surface area contributed by atoms with E-state index in [0.717, 1.165) is 7.11 Å². The summed E-state index contributed by atoms with van der Waals surface area (Å²) in [6.07, 6.45) is 1.18. The first kappa shape index (κ1) is 9.17. The Kier molecular flexibility index (Phi) is 2.27. The Morgan fingerprint density at radius 1 is 1.77 bits per heavy atom. The molecular weight excluding hydrogens is 178 g/mol. The number of carbonyl (C=O) groups excluding carboxylic acids is 1. The molecule has 7 nitrogen and oxygen atoms in total. The summed E-state index contributed by atoms with van der Waals surface area (Å²) >= 11 is 0. The highest BCUT2D eigenvalue weighted by molar-refractivity contribution is 5.91. The van der Waals surface area contributed by atoms with Crippen LogP contribution in [-0.4, -0.2) is 27.6 Å². The average Bonchev–Trinajstić information content (AvgIpc) is 2.46. The van der Waals surface area contributed by atoms with Crippen LogP contribution in [0.5, 0.6) is 0 Å². The lowest BCUT2D eigenvalue weighted by atomic mass is 10.4. The van der Waals surface area contributed by atoms with Crippen molar-refractivity contribution in [2.75, 3.05) is 7.11 Å². The summed E-state index contributed by atoms with van der Waals surface area (Å²) in [7, 11) is 2.63. The molecule has 0 radical (unpaired) electrons. The van der Waals surface area contributed by atoms with Gasteiger partial charge in [-0.1, -0.05) is 0 Å². The van der Waals surface area contributed by atoms with Crippen LogP contribution in [0.2, 0.25) is 0 Å². The van der Waals surface area contributed by atoms with Gasteiger partial charge in [-0.25, -0.2) is 4.79 Å². The fourth-order valence-corrected chi connectivity index (χ4v) is 0.883. The van der Waals surface area contributed by atoms with Crippen molar-refractivity contribution in [2.45, 2.75) is 0 Å². The number of nitro groups is 1. The van der Waals surface area contributed by atoms with Crippen LogP contribution >= 0.6 is 0 Å². The van der Waals surface area contributed by atoms with E-state index >= 15 is 0 Å². The van der Waals surface area contributed by atoms with Gasteiger partial charge in [0, 0.05) is 7.05 Å². The van der Waals surface area contributed by atoms with Gasteiger partial charge in [0.15, 0.2) is 0 Å². The molecule has 7 heteroatoms. The van der Waals surface area contributed by atoms with E-state index in [1.165, 1.54) is 17.9 Å². The molecule has 0 aromatic carbocycles. The molecule has 0 unspecified atom stereocenters. The molecule has 13 heavy (non-hydrogen) atoms. The number of aryl methyl sites for hydroxylation is 1. The smallest absolute Gasteiger partial charge is 0.396 e. The average molecular weight is 185 g/mol. The predicted octanol–water partition coefficient (Wildman–Crippen LogP) is 0.115. The molecule has 1 aromatic rings. The lowest BCUT2D eigenvalue weighted by Crippen LogP contribution is -2.09. The Hall–Kier alpha value is -1.92. The van der Waals surface area contributed by atoms with Crippen LogP contribution in [0.15, 0.2) is 6.33 Å². The Bertz CT molecular complexity index is 357. The van der Waals surface area contributed by atoms with E-state index in [4.69, 9.17) is 0 Å². The number of aromatic nitrogens is 2. The molecule has 0 saturated carbocycles. The van der Waals surface area contributed by atoms with E-state index in [2.05, 4.69) is 9.72 Å². The Morgan fingerprint density at radius 3 is 2.85 bits per heavy atom. The summed E-state index contributed by atoms with van der Waals surface area (Å²) < 4.78 is 5.60. The minimum atomic E-state index is -0.772. The SMILES string of the molecule is COC(=O)c1c([N+](=O)[O-])ncn1C. The lowest BCUT2D eigenvalue weighted by Gasteiger charge is -1.98. The van der Waals surface area contributed by atoms with Crippen molar-refractivity contribution < 1.29 is 14.5 Å². The van der Waals surface area contributed by atoms with Crippen LogP contribution < -0.4 is 0 Å². The van der Waals surface area contributed by atoms with Crippen molar-refractivity contribution in [3.05, 3.63) is 22.1 Å². The minimum absolute atomic E-state index is 0.160. The third-order valence-electron chi connectivity index (χ3n) is 1.47. The van der Waals surface area contributed by atoms with Crippen LogP contribution in [0.1, 0.15) is 10.5 Å². The molecule has 70 valence electrons. The maximum absolute atomic E-state index is 11.0. The molecule has 0 bridgehead atoms. The van der Waals surface area contributed by atoms with E-state index in [-0.39, 0.29) is 5.69 Å². The zero-order chi connectivity index (χ0) is 10.0. The molecule has 0 aliphatic rings. The second-order valence-electron chi connectivity index (χ2n) is 2.28. The molecule has 1 rings (SSSR count). The molecule has 0 N–H and O–H groups in total. The molecule has 1 heterocycles. The van der Waals surface area contributed by atoms with E-state index in [9.17, 15) is 14.9 Å². The molecule has 0 aliphatic heterocycles. The summed E-state index contributed by atoms with van der Waals surface area (Å²) in [4.78, 5) is 24.1. The first-order chi connectivity index (χ1) is 6.07. The quantitative estimate of drug-likeness (QED) is 0.371. The second kappa shape index (κ2) is 3.21. The lowest BCUT2D eigenvalue weighted by molar-refractivity contribution is -0.389. The van der Waals surface area contributed by atoms with Crippen molar-refractivity contribution in [1.29, 1.82) is 0 Å². The molecule has 0 spiro atoms. The van der Waals surface area contributed by atoms with E-state index in [0.29, 0.717) is 0 Å². The highest BCUT2D eigenvalue weighted by Crippen LogP contribution is 2.15. The van der Waals surface area contributed by atoms with Gasteiger partial charge in [-0.2, -0.15) is 0 Å². The first-order valence-corrected chi connectivity index (χ1v) is 3.32. The predicted molar refractivity (Wildman–Crippen MR) is 41.2 cm³/mol. The number of nitrogens with zero attached hydrogens (tertiary/aromatic N) is 3. The molecule has 0 aliphatic carbocycles. The van der Waals surface area contributed by atoms with Crippen molar-refractivity contribution in [2.24, 2.45) is 7.05 Å². The molecular formula is C6H7N3O4. The van der Waals surface area contributed by atoms with Gasteiger partial charge in [0.25, 0.3) is 0 Å². The summed E-state index contributed by atoms with van der Waals surface area (Å²) in [6.45, 7) is 0. The largest absolute Gasteiger partial charge is 0.464 e. The maximum Gasteiger partial charge on any atom is 0.396 e. The Balaban J connectivity index is 3.24. The van der Waals surface area contributed by atoms with E-state index in [1.54, 1.807) is 0 Å². The molecule has 1 aromatic heterocycles. The van der Waals surface area contributed by atoms with E-state index < -0.39 is 16.7 Å². The molecule has 0 atom stereocenters. The topological polar surface area (TPSA) is 87.3 Å². The van der Waals surface area contributed by atoms with Gasteiger partial charge in [-0.15, -0.1) is 0 Å². The third-order valence-corrected chi connectivity index (χ3v) is 1.47. The number of esters is 1. The van der Waals surface area contributed by atoms with Gasteiger partial charge >= 0.3 is 11.8 Å².